The van der Waals surface area contributed by atoms with Crippen LogP contribution in [0.25, 0.3) is 22.8 Å². The molecule has 2 N–H and O–H groups in total. The number of hydrogen-bond donors (Lipinski definition) is 2. The van der Waals surface area contributed by atoms with Crippen molar-refractivity contribution in [2.24, 2.45) is 0 Å². The van der Waals surface area contributed by atoms with Crippen LogP contribution in [0.3, 0.4) is 0 Å². The number of nitrogens with one attached hydrogen (secondary N) is 2. The molecule has 2 aliphatic rings. The molecule has 0 saturated carbocycles. The highest BCUT2D eigenvalue weighted by molar-refractivity contribution is 6.00. The summed E-state index contributed by atoms with van der Waals surface area (Å²) in [7, 11) is 2.15. The summed E-state index contributed by atoms with van der Waals surface area (Å²) in [4.78, 5) is 33.9. The lowest BCUT2D eigenvalue weighted by atomic mass is 10.1. The van der Waals surface area contributed by atoms with Crippen molar-refractivity contribution in [2.75, 3.05) is 80.0 Å². The molecule has 216 valence electrons. The van der Waals surface area contributed by atoms with E-state index < -0.39 is 0 Å². The topological polar surface area (TPSA) is 98.8 Å². The van der Waals surface area contributed by atoms with Crippen molar-refractivity contribution >= 4 is 29.0 Å². The van der Waals surface area contributed by atoms with Crippen LogP contribution in [0.15, 0.2) is 72.8 Å². The van der Waals surface area contributed by atoms with Gasteiger partial charge in [0.25, 0.3) is 0 Å². The minimum absolute atomic E-state index is 0.300. The predicted molar refractivity (Wildman–Crippen MR) is 167 cm³/mol. The number of ether oxygens (including phenoxy) is 1. The van der Waals surface area contributed by atoms with Crippen LogP contribution in [0.4, 0.5) is 27.8 Å². The maximum absolute atomic E-state index is 12.7. The van der Waals surface area contributed by atoms with Gasteiger partial charge < -0.3 is 30.1 Å². The molecule has 0 atom stereocenters. The molecule has 3 heterocycles. The Morgan fingerprint density at radius 3 is 1.76 bits per heavy atom. The average Bonchev–Trinajstić information content (AvgIpc) is 3.03. The van der Waals surface area contributed by atoms with Crippen molar-refractivity contribution in [3.05, 3.63) is 78.4 Å². The van der Waals surface area contributed by atoms with Gasteiger partial charge in [0.15, 0.2) is 11.6 Å². The number of nitrogens with zero attached hydrogens (tertiary/aromatic N) is 6. The van der Waals surface area contributed by atoms with Crippen molar-refractivity contribution in [1.82, 2.24) is 19.9 Å². The van der Waals surface area contributed by atoms with Crippen molar-refractivity contribution < 1.29 is 9.53 Å². The molecule has 2 aliphatic heterocycles. The quantitative estimate of drug-likeness (QED) is 0.346. The molecule has 4 aromatic rings. The van der Waals surface area contributed by atoms with Gasteiger partial charge in [-0.2, -0.15) is 9.97 Å². The number of aromatic nitrogens is 3. The molecule has 1 aromatic heterocycles. The molecule has 0 spiro atoms. The fraction of sp³-hybridized carbons (Fsp3) is 0.312. The Hall–Kier alpha value is -4.54. The van der Waals surface area contributed by atoms with Gasteiger partial charge in [-0.3, -0.25) is 0 Å². The van der Waals surface area contributed by atoms with Gasteiger partial charge in [0, 0.05) is 67.5 Å². The first-order valence-electron chi connectivity index (χ1n) is 14.4. The van der Waals surface area contributed by atoms with Gasteiger partial charge in [-0.1, -0.05) is 29.8 Å². The second kappa shape index (κ2) is 12.5. The number of likely N-dealkylation sites (N-methyl/N-ethyl adjacent to an activating group) is 1. The van der Waals surface area contributed by atoms with Crippen LogP contribution >= 0.6 is 0 Å². The van der Waals surface area contributed by atoms with E-state index >= 15 is 0 Å². The van der Waals surface area contributed by atoms with Crippen LogP contribution in [-0.2, 0) is 4.74 Å². The molecule has 10 nitrogen and oxygen atoms in total. The minimum atomic E-state index is -0.300. The zero-order valence-electron chi connectivity index (χ0n) is 24.1. The third kappa shape index (κ3) is 6.67. The number of aryl methyl sites for hydroxylation is 1. The third-order valence-corrected chi connectivity index (χ3v) is 7.62. The minimum Gasteiger partial charge on any atom is -0.378 e. The smallest absolute Gasteiger partial charge is 0.323 e. The van der Waals surface area contributed by atoms with Crippen molar-refractivity contribution in [1.29, 1.82) is 0 Å². The number of anilines is 4. The first-order valence-corrected chi connectivity index (χ1v) is 14.4. The van der Waals surface area contributed by atoms with Gasteiger partial charge in [0.1, 0.15) is 0 Å². The van der Waals surface area contributed by atoms with E-state index in [4.69, 9.17) is 19.7 Å². The molecule has 0 radical (unpaired) electrons. The first-order chi connectivity index (χ1) is 20.5. The van der Waals surface area contributed by atoms with Gasteiger partial charge >= 0.3 is 6.03 Å². The second-order valence-corrected chi connectivity index (χ2v) is 10.7. The monoisotopic (exact) mass is 564 g/mol. The molecule has 0 unspecified atom stereocenters. The Morgan fingerprint density at radius 2 is 1.19 bits per heavy atom. The first kappa shape index (κ1) is 27.6. The zero-order valence-corrected chi connectivity index (χ0v) is 24.1. The molecule has 10 heteroatoms. The highest BCUT2D eigenvalue weighted by atomic mass is 16.5. The van der Waals surface area contributed by atoms with E-state index in [2.05, 4.69) is 63.6 Å². The van der Waals surface area contributed by atoms with E-state index in [-0.39, 0.29) is 6.03 Å². The number of piperazine rings is 1. The lowest BCUT2D eigenvalue weighted by Gasteiger charge is -2.34. The van der Waals surface area contributed by atoms with Gasteiger partial charge in [-0.25, -0.2) is 9.78 Å². The summed E-state index contributed by atoms with van der Waals surface area (Å²) < 4.78 is 5.52. The summed E-state index contributed by atoms with van der Waals surface area (Å²) in [6.45, 7) is 8.92. The van der Waals surface area contributed by atoms with Gasteiger partial charge in [0.2, 0.25) is 5.95 Å². The van der Waals surface area contributed by atoms with Crippen LogP contribution in [0.1, 0.15) is 5.56 Å². The molecule has 42 heavy (non-hydrogen) atoms. The number of rotatable bonds is 6. The number of morpholine rings is 1. The number of carbonyl (C=O) groups is 1. The summed E-state index contributed by atoms with van der Waals surface area (Å²) >= 11 is 0. The third-order valence-electron chi connectivity index (χ3n) is 7.62. The standard InChI is InChI=1S/C32H36N8O2/c1-23-3-5-24(6-4-23)29-35-30(37-31(36-29)40-19-21-42-22-20-40)25-7-9-26(10-8-25)33-32(41)34-27-11-13-28(14-12-27)39-17-15-38(2)16-18-39/h3-14H,15-22H2,1-2H3,(H2,33,34,41). The van der Waals surface area contributed by atoms with Crippen LogP contribution in [0.5, 0.6) is 0 Å². The lowest BCUT2D eigenvalue weighted by Crippen LogP contribution is -2.44. The molecular formula is C32H36N8O2. The number of urea groups is 1. The molecule has 2 fully saturated rings. The van der Waals surface area contributed by atoms with Crippen molar-refractivity contribution in [3.63, 3.8) is 0 Å². The molecule has 6 rings (SSSR count). The zero-order chi connectivity index (χ0) is 28.9. The molecule has 2 saturated heterocycles. The van der Waals surface area contributed by atoms with Crippen LogP contribution in [0, 0.1) is 6.92 Å². The SMILES string of the molecule is Cc1ccc(-c2nc(-c3ccc(NC(=O)Nc4ccc(N5CCN(C)CC5)cc4)cc3)nc(N3CCOCC3)n2)cc1. The van der Waals surface area contributed by atoms with Crippen LogP contribution in [-0.4, -0.2) is 85.4 Å². The second-order valence-electron chi connectivity index (χ2n) is 10.7. The van der Waals surface area contributed by atoms with Crippen molar-refractivity contribution in [2.45, 2.75) is 6.92 Å². The molecule has 3 aromatic carbocycles. The Bertz CT molecular complexity index is 1500. The van der Waals surface area contributed by atoms with Gasteiger partial charge in [-0.05, 0) is 62.5 Å². The summed E-state index contributed by atoms with van der Waals surface area (Å²) in [5.41, 5.74) is 5.54. The Labute approximate surface area is 246 Å². The number of benzene rings is 3. The largest absolute Gasteiger partial charge is 0.378 e. The Morgan fingerprint density at radius 1 is 0.667 bits per heavy atom. The van der Waals surface area contributed by atoms with Crippen LogP contribution in [0.2, 0.25) is 0 Å². The highest BCUT2D eigenvalue weighted by Gasteiger charge is 2.18. The molecule has 0 bridgehead atoms. The van der Waals surface area contributed by atoms with E-state index in [1.807, 2.05) is 48.5 Å². The van der Waals surface area contributed by atoms with Gasteiger partial charge in [0.05, 0.1) is 13.2 Å². The number of carbonyl (C=O) groups excluding carboxylic acids is 1. The summed E-state index contributed by atoms with van der Waals surface area (Å²) in [6, 6.07) is 23.4. The van der Waals surface area contributed by atoms with E-state index in [9.17, 15) is 4.79 Å². The van der Waals surface area contributed by atoms with Crippen LogP contribution < -0.4 is 20.4 Å². The predicted octanol–water partition coefficient (Wildman–Crippen LogP) is 4.75. The van der Waals surface area contributed by atoms with E-state index in [0.717, 1.165) is 56.1 Å². The lowest BCUT2D eigenvalue weighted by molar-refractivity contribution is 0.122. The Kier molecular flexibility index (Phi) is 8.25. The van der Waals surface area contributed by atoms with Crippen molar-refractivity contribution in [3.8, 4) is 22.8 Å². The molecular weight excluding hydrogens is 528 g/mol. The highest BCUT2D eigenvalue weighted by Crippen LogP contribution is 2.25. The van der Waals surface area contributed by atoms with E-state index in [0.29, 0.717) is 36.5 Å². The summed E-state index contributed by atoms with van der Waals surface area (Å²) in [5, 5.41) is 5.84. The number of amides is 2. The average molecular weight is 565 g/mol. The fourth-order valence-electron chi connectivity index (χ4n) is 5.05. The summed E-state index contributed by atoms with van der Waals surface area (Å²) in [5.74, 6) is 1.85. The molecule has 2 amide bonds. The maximum Gasteiger partial charge on any atom is 0.323 e. The van der Waals surface area contributed by atoms with E-state index in [1.54, 1.807) is 0 Å². The Balaban J connectivity index is 1.14. The fourth-order valence-corrected chi connectivity index (χ4v) is 5.05. The number of hydrogen-bond acceptors (Lipinski definition) is 8. The van der Waals surface area contributed by atoms with E-state index in [1.165, 1.54) is 11.3 Å². The maximum atomic E-state index is 12.7. The van der Waals surface area contributed by atoms with Gasteiger partial charge in [-0.15, -0.1) is 0 Å². The normalized spacial score (nSPS) is 15.9. The summed E-state index contributed by atoms with van der Waals surface area (Å²) in [6.07, 6.45) is 0. The molecule has 0 aliphatic carbocycles.